The molecule has 1 heterocycles. The minimum absolute atomic E-state index is 0.0452. The second kappa shape index (κ2) is 8.13. The molecular formula is C21H31N3O3S. The third-order valence-corrected chi connectivity index (χ3v) is 8.80. The second-order valence-corrected chi connectivity index (χ2v) is 10.5. The summed E-state index contributed by atoms with van der Waals surface area (Å²) in [4.78, 5) is 14.9. The maximum atomic E-state index is 12.8. The molecule has 2 bridgehead atoms. The first kappa shape index (κ1) is 19.9. The number of nitrogens with one attached hydrogen (secondary N) is 1. The van der Waals surface area contributed by atoms with Crippen molar-refractivity contribution in [2.75, 3.05) is 38.0 Å². The number of rotatable bonds is 6. The predicted octanol–water partition coefficient (Wildman–Crippen LogP) is 2.78. The molecule has 1 amide bonds. The van der Waals surface area contributed by atoms with Gasteiger partial charge in [-0.05, 0) is 67.8 Å². The van der Waals surface area contributed by atoms with Crippen molar-refractivity contribution < 1.29 is 13.2 Å². The van der Waals surface area contributed by atoms with E-state index in [-0.39, 0.29) is 5.91 Å². The molecule has 0 unspecified atom stereocenters. The quantitative estimate of drug-likeness (QED) is 0.790. The van der Waals surface area contributed by atoms with E-state index >= 15 is 0 Å². The van der Waals surface area contributed by atoms with Gasteiger partial charge in [-0.2, -0.15) is 4.31 Å². The van der Waals surface area contributed by atoms with Crippen LogP contribution in [0.5, 0.6) is 0 Å². The van der Waals surface area contributed by atoms with Gasteiger partial charge in [0, 0.05) is 38.3 Å². The molecule has 154 valence electrons. The lowest BCUT2D eigenvalue weighted by Crippen LogP contribution is -2.48. The minimum atomic E-state index is -3.47. The lowest BCUT2D eigenvalue weighted by atomic mass is 9.86. The molecule has 0 radical (unpaired) electrons. The van der Waals surface area contributed by atoms with Crippen LogP contribution >= 0.6 is 0 Å². The van der Waals surface area contributed by atoms with Crippen molar-refractivity contribution in [2.24, 2.45) is 17.8 Å². The first-order valence-electron chi connectivity index (χ1n) is 10.6. The molecular weight excluding hydrogens is 374 g/mol. The maximum Gasteiger partial charge on any atom is 0.243 e. The summed E-state index contributed by atoms with van der Waals surface area (Å²) in [5, 5.41) is 2.95. The highest BCUT2D eigenvalue weighted by Crippen LogP contribution is 2.49. The molecule has 28 heavy (non-hydrogen) atoms. The minimum Gasteiger partial charge on any atom is -0.326 e. The number of nitrogens with zero attached hydrogens (tertiary/aromatic N) is 2. The van der Waals surface area contributed by atoms with Crippen LogP contribution < -0.4 is 5.32 Å². The van der Waals surface area contributed by atoms with Gasteiger partial charge in [-0.25, -0.2) is 8.42 Å². The molecule has 1 aromatic carbocycles. The molecule has 2 saturated carbocycles. The molecule has 0 spiro atoms. The van der Waals surface area contributed by atoms with Crippen molar-refractivity contribution in [3.63, 3.8) is 0 Å². The highest BCUT2D eigenvalue weighted by Gasteiger charge is 2.40. The number of sulfonamides is 1. The van der Waals surface area contributed by atoms with E-state index in [4.69, 9.17) is 0 Å². The topological polar surface area (TPSA) is 69.7 Å². The SMILES string of the molecule is CCN1CCN(S(=O)(=O)c2ccc(NC(=O)C[C@@H]3C[C@@H]4CC[C@@H]3C4)cc2)CC1. The number of carbonyl (C=O) groups excluding carboxylic acids is 1. The molecule has 4 rings (SSSR count). The normalized spacial score (nSPS) is 28.5. The summed E-state index contributed by atoms with van der Waals surface area (Å²) in [5.74, 6) is 2.15. The van der Waals surface area contributed by atoms with Gasteiger partial charge < -0.3 is 10.2 Å². The van der Waals surface area contributed by atoms with Crippen LogP contribution in [0.3, 0.4) is 0 Å². The third-order valence-electron chi connectivity index (χ3n) is 6.89. The van der Waals surface area contributed by atoms with E-state index in [0.717, 1.165) is 31.5 Å². The van der Waals surface area contributed by atoms with Crippen molar-refractivity contribution in [2.45, 2.75) is 43.9 Å². The first-order valence-corrected chi connectivity index (χ1v) is 12.0. The zero-order valence-corrected chi connectivity index (χ0v) is 17.5. The Morgan fingerprint density at radius 3 is 2.36 bits per heavy atom. The number of fused-ring (bicyclic) bond motifs is 2. The van der Waals surface area contributed by atoms with Crippen LogP contribution in [-0.4, -0.2) is 56.3 Å². The van der Waals surface area contributed by atoms with Crippen LogP contribution in [0.2, 0.25) is 0 Å². The summed E-state index contributed by atoms with van der Waals surface area (Å²) in [6.07, 6.45) is 5.70. The standard InChI is InChI=1S/C21H31N3O3S/c1-2-23-9-11-24(12-10-23)28(26,27)20-7-5-19(6-8-20)22-21(25)15-18-14-16-3-4-17(18)13-16/h5-8,16-18H,2-4,9-15H2,1H3,(H,22,25)/t16-,17-,18+/m1/s1. The summed E-state index contributed by atoms with van der Waals surface area (Å²) in [5.41, 5.74) is 0.669. The van der Waals surface area contributed by atoms with Gasteiger partial charge in [0.15, 0.2) is 0 Å². The fourth-order valence-corrected chi connectivity index (χ4v) is 6.64. The number of hydrogen-bond acceptors (Lipinski definition) is 4. The average molecular weight is 406 g/mol. The molecule has 1 saturated heterocycles. The van der Waals surface area contributed by atoms with Crippen LogP contribution in [0.15, 0.2) is 29.2 Å². The summed E-state index contributed by atoms with van der Waals surface area (Å²) >= 11 is 0. The molecule has 3 fully saturated rings. The van der Waals surface area contributed by atoms with Crippen LogP contribution in [0, 0.1) is 17.8 Å². The van der Waals surface area contributed by atoms with Gasteiger partial charge >= 0.3 is 0 Å². The van der Waals surface area contributed by atoms with E-state index in [9.17, 15) is 13.2 Å². The monoisotopic (exact) mass is 405 g/mol. The Balaban J connectivity index is 1.33. The van der Waals surface area contributed by atoms with Crippen molar-refractivity contribution in [3.8, 4) is 0 Å². The average Bonchev–Trinajstić information content (AvgIpc) is 3.31. The molecule has 6 nitrogen and oxygen atoms in total. The van der Waals surface area contributed by atoms with Crippen molar-refractivity contribution in [1.82, 2.24) is 9.21 Å². The summed E-state index contributed by atoms with van der Waals surface area (Å²) in [6.45, 7) is 5.63. The largest absolute Gasteiger partial charge is 0.326 e. The van der Waals surface area contributed by atoms with Crippen molar-refractivity contribution in [1.29, 1.82) is 0 Å². The Morgan fingerprint density at radius 2 is 1.79 bits per heavy atom. The summed E-state index contributed by atoms with van der Waals surface area (Å²) < 4.78 is 27.2. The molecule has 3 atom stereocenters. The fraction of sp³-hybridized carbons (Fsp3) is 0.667. The fourth-order valence-electron chi connectivity index (χ4n) is 5.22. The predicted molar refractivity (Wildman–Crippen MR) is 109 cm³/mol. The van der Waals surface area contributed by atoms with Crippen molar-refractivity contribution >= 4 is 21.6 Å². The van der Waals surface area contributed by atoms with Crippen LogP contribution in [0.25, 0.3) is 0 Å². The van der Waals surface area contributed by atoms with Crippen LogP contribution in [-0.2, 0) is 14.8 Å². The van der Waals surface area contributed by atoms with Crippen LogP contribution in [0.4, 0.5) is 5.69 Å². The number of carbonyl (C=O) groups is 1. The van der Waals surface area contributed by atoms with Gasteiger partial charge in [-0.1, -0.05) is 13.3 Å². The third kappa shape index (κ3) is 4.11. The zero-order chi connectivity index (χ0) is 19.7. The number of piperazine rings is 1. The van der Waals surface area contributed by atoms with E-state index < -0.39 is 10.0 Å². The second-order valence-electron chi connectivity index (χ2n) is 8.55. The van der Waals surface area contributed by atoms with Gasteiger partial charge in [0.25, 0.3) is 0 Å². The van der Waals surface area contributed by atoms with Gasteiger partial charge in [0.1, 0.15) is 0 Å². The molecule has 0 aromatic heterocycles. The van der Waals surface area contributed by atoms with Crippen molar-refractivity contribution in [3.05, 3.63) is 24.3 Å². The van der Waals surface area contributed by atoms with Gasteiger partial charge in [-0.3, -0.25) is 4.79 Å². The Kier molecular flexibility index (Phi) is 5.76. The maximum absolute atomic E-state index is 12.8. The van der Waals surface area contributed by atoms with E-state index in [1.807, 2.05) is 0 Å². The zero-order valence-electron chi connectivity index (χ0n) is 16.6. The number of amides is 1. The van der Waals surface area contributed by atoms with E-state index in [1.54, 1.807) is 28.6 Å². The molecule has 1 aliphatic heterocycles. The molecule has 7 heteroatoms. The smallest absolute Gasteiger partial charge is 0.243 e. The summed E-state index contributed by atoms with van der Waals surface area (Å²) in [6, 6.07) is 6.62. The van der Waals surface area contributed by atoms with E-state index in [2.05, 4.69) is 17.1 Å². The Bertz CT molecular complexity index is 801. The number of benzene rings is 1. The lowest BCUT2D eigenvalue weighted by molar-refractivity contribution is -0.117. The Hall–Kier alpha value is -1.44. The number of likely N-dealkylation sites (N-methyl/N-ethyl adjacent to an activating group) is 1. The Morgan fingerprint density at radius 1 is 1.07 bits per heavy atom. The van der Waals surface area contributed by atoms with Gasteiger partial charge in [0.2, 0.25) is 15.9 Å². The first-order chi connectivity index (χ1) is 13.5. The lowest BCUT2D eigenvalue weighted by Gasteiger charge is -2.33. The highest BCUT2D eigenvalue weighted by atomic mass is 32.2. The molecule has 3 aliphatic rings. The van der Waals surface area contributed by atoms with E-state index in [1.165, 1.54) is 25.7 Å². The molecule has 2 aliphatic carbocycles. The van der Waals surface area contributed by atoms with E-state index in [0.29, 0.717) is 36.0 Å². The van der Waals surface area contributed by atoms with Crippen LogP contribution in [0.1, 0.15) is 39.0 Å². The highest BCUT2D eigenvalue weighted by molar-refractivity contribution is 7.89. The number of hydrogen-bond donors (Lipinski definition) is 1. The summed E-state index contributed by atoms with van der Waals surface area (Å²) in [7, 11) is -3.47. The molecule has 1 aromatic rings. The Labute approximate surface area is 168 Å². The van der Waals surface area contributed by atoms with Gasteiger partial charge in [-0.15, -0.1) is 0 Å². The molecule has 1 N–H and O–H groups in total. The van der Waals surface area contributed by atoms with Gasteiger partial charge in [0.05, 0.1) is 4.90 Å². The number of anilines is 1.